The van der Waals surface area contributed by atoms with Crippen molar-refractivity contribution in [1.82, 2.24) is 9.13 Å². The molecule has 0 fully saturated rings. The number of nitrogens with zero attached hydrogens (tertiary/aromatic N) is 3. The maximum absolute atomic E-state index is 9.91. The molecule has 10 heavy (non-hydrogen) atoms. The average molecular weight is 155 g/mol. The first-order valence-corrected chi connectivity index (χ1v) is 4.50. The van der Waals surface area contributed by atoms with E-state index >= 15 is 0 Å². The van der Waals surface area contributed by atoms with E-state index in [1.807, 2.05) is 35.6 Å². The second-order valence-corrected chi connectivity index (χ2v) is 4.78. The van der Waals surface area contributed by atoms with E-state index in [0.29, 0.717) is 0 Å². The van der Waals surface area contributed by atoms with E-state index < -0.39 is 9.28 Å². The van der Waals surface area contributed by atoms with Gasteiger partial charge in [0.2, 0.25) is 6.08 Å². The van der Waals surface area contributed by atoms with Crippen molar-refractivity contribution >= 4 is 15.4 Å². The van der Waals surface area contributed by atoms with Crippen molar-refractivity contribution in [3.8, 4) is 0 Å². The van der Waals surface area contributed by atoms with Gasteiger partial charge in [0, 0.05) is 26.5 Å². The first-order chi connectivity index (χ1) is 4.75. The van der Waals surface area contributed by atoms with E-state index in [-0.39, 0.29) is 0 Å². The van der Waals surface area contributed by atoms with Gasteiger partial charge in [-0.3, -0.25) is 0 Å². The average Bonchev–Trinajstić information content (AvgIpc) is 2.20. The van der Waals surface area contributed by atoms with Gasteiger partial charge in [0.25, 0.3) is 0 Å². The SMILES string of the molecule is CN1C=CN(C)[SiH]1N=C=O. The maximum Gasteiger partial charge on any atom is 0.393 e. The molecule has 0 aliphatic carbocycles. The summed E-state index contributed by atoms with van der Waals surface area (Å²) in [5, 5.41) is 0. The molecule has 1 aliphatic rings. The molecule has 5 heteroatoms. The minimum Gasteiger partial charge on any atom is -0.373 e. The monoisotopic (exact) mass is 155 g/mol. The first kappa shape index (κ1) is 7.05. The van der Waals surface area contributed by atoms with Gasteiger partial charge in [-0.1, -0.05) is 0 Å². The molecule has 0 atom stereocenters. The third kappa shape index (κ3) is 1.10. The lowest BCUT2D eigenvalue weighted by Gasteiger charge is -2.18. The molecule has 0 unspecified atom stereocenters. The summed E-state index contributed by atoms with van der Waals surface area (Å²) in [4.78, 5) is 9.91. The zero-order valence-electron chi connectivity index (χ0n) is 5.98. The molecular formula is C5H9N3OSi. The number of carbonyl (C=O) groups excluding carboxylic acids is 1. The zero-order valence-corrected chi connectivity index (χ0v) is 7.14. The molecular weight excluding hydrogens is 146 g/mol. The van der Waals surface area contributed by atoms with Crippen molar-refractivity contribution in [3.63, 3.8) is 0 Å². The Bertz CT molecular complexity index is 187. The van der Waals surface area contributed by atoms with Gasteiger partial charge < -0.3 is 9.13 Å². The molecule has 4 nitrogen and oxygen atoms in total. The van der Waals surface area contributed by atoms with Gasteiger partial charge >= 0.3 is 9.28 Å². The van der Waals surface area contributed by atoms with Crippen LogP contribution in [0.5, 0.6) is 0 Å². The fourth-order valence-electron chi connectivity index (χ4n) is 0.881. The Kier molecular flexibility index (Phi) is 1.89. The van der Waals surface area contributed by atoms with Gasteiger partial charge in [-0.2, -0.15) is 0 Å². The van der Waals surface area contributed by atoms with E-state index in [0.717, 1.165) is 0 Å². The van der Waals surface area contributed by atoms with Gasteiger partial charge in [0.05, 0.1) is 0 Å². The zero-order chi connectivity index (χ0) is 7.56. The summed E-state index contributed by atoms with van der Waals surface area (Å²) in [5.74, 6) is 0. The van der Waals surface area contributed by atoms with Crippen molar-refractivity contribution in [2.75, 3.05) is 14.1 Å². The summed E-state index contributed by atoms with van der Waals surface area (Å²) < 4.78 is 7.63. The minimum atomic E-state index is -1.51. The van der Waals surface area contributed by atoms with E-state index in [9.17, 15) is 4.79 Å². The highest BCUT2D eigenvalue weighted by Gasteiger charge is 2.22. The Labute approximate surface area is 61.3 Å². The van der Waals surface area contributed by atoms with Gasteiger partial charge in [-0.15, -0.1) is 0 Å². The second kappa shape index (κ2) is 2.68. The Morgan fingerprint density at radius 1 is 1.40 bits per heavy atom. The van der Waals surface area contributed by atoms with Crippen LogP contribution >= 0.6 is 0 Å². The lowest BCUT2D eigenvalue weighted by Crippen LogP contribution is -2.37. The van der Waals surface area contributed by atoms with E-state index in [1.165, 1.54) is 0 Å². The quantitative estimate of drug-likeness (QED) is 0.288. The lowest BCUT2D eigenvalue weighted by atomic mass is 10.9. The van der Waals surface area contributed by atoms with Gasteiger partial charge in [-0.05, 0) is 0 Å². The van der Waals surface area contributed by atoms with Gasteiger partial charge in [0.1, 0.15) is 0 Å². The summed E-state index contributed by atoms with van der Waals surface area (Å²) in [6, 6.07) is 0. The van der Waals surface area contributed by atoms with Crippen LogP contribution in [0, 0.1) is 0 Å². The van der Waals surface area contributed by atoms with Crippen LogP contribution < -0.4 is 0 Å². The van der Waals surface area contributed by atoms with E-state index in [1.54, 1.807) is 6.08 Å². The van der Waals surface area contributed by atoms with Crippen molar-refractivity contribution in [3.05, 3.63) is 12.4 Å². The lowest BCUT2D eigenvalue weighted by molar-refractivity contribution is 0.563. The van der Waals surface area contributed by atoms with Crippen LogP contribution in [-0.4, -0.2) is 38.6 Å². The predicted octanol–water partition coefficient (Wildman–Crippen LogP) is -0.612. The molecule has 0 spiro atoms. The highest BCUT2D eigenvalue weighted by molar-refractivity contribution is 6.52. The largest absolute Gasteiger partial charge is 0.393 e. The fourth-order valence-corrected chi connectivity index (χ4v) is 2.38. The number of isocyanates is 1. The molecule has 0 saturated carbocycles. The molecule has 0 aromatic rings. The molecule has 54 valence electrons. The molecule has 0 N–H and O–H groups in total. The molecule has 0 bridgehead atoms. The van der Waals surface area contributed by atoms with Crippen LogP contribution in [0.2, 0.25) is 0 Å². The fraction of sp³-hybridized carbons (Fsp3) is 0.400. The van der Waals surface area contributed by atoms with Crippen LogP contribution in [0.4, 0.5) is 0 Å². The Hall–Kier alpha value is -1.06. The van der Waals surface area contributed by atoms with Crippen molar-refractivity contribution in [2.24, 2.45) is 4.66 Å². The van der Waals surface area contributed by atoms with Crippen molar-refractivity contribution in [2.45, 2.75) is 0 Å². The molecule has 0 aromatic heterocycles. The smallest absolute Gasteiger partial charge is 0.373 e. The van der Waals surface area contributed by atoms with Crippen LogP contribution in [0.1, 0.15) is 0 Å². The molecule has 0 saturated heterocycles. The van der Waals surface area contributed by atoms with Crippen LogP contribution in [-0.2, 0) is 4.79 Å². The maximum atomic E-state index is 9.91. The topological polar surface area (TPSA) is 35.9 Å². The predicted molar refractivity (Wildman–Crippen MR) is 39.9 cm³/mol. The highest BCUT2D eigenvalue weighted by atomic mass is 28.3. The number of hydrogen-bond acceptors (Lipinski definition) is 4. The summed E-state index contributed by atoms with van der Waals surface area (Å²) >= 11 is 0. The summed E-state index contributed by atoms with van der Waals surface area (Å²) in [5.41, 5.74) is 0. The molecule has 0 amide bonds. The first-order valence-electron chi connectivity index (χ1n) is 2.95. The normalized spacial score (nSPS) is 17.8. The van der Waals surface area contributed by atoms with Crippen molar-refractivity contribution < 1.29 is 4.79 Å². The van der Waals surface area contributed by atoms with Gasteiger partial charge in [-0.25, -0.2) is 9.45 Å². The Balaban J connectivity index is 2.68. The summed E-state index contributed by atoms with van der Waals surface area (Å²) in [6.45, 7) is 0. The second-order valence-electron chi connectivity index (χ2n) is 2.20. The Morgan fingerprint density at radius 2 is 1.90 bits per heavy atom. The standard InChI is InChI=1S/C5H9N3OSi/c1-7-3-4-8(2)10(7)6-5-9/h3-4,10H,1-2H3. The van der Waals surface area contributed by atoms with Gasteiger partial charge in [0.15, 0.2) is 0 Å². The van der Waals surface area contributed by atoms with Crippen LogP contribution in [0.25, 0.3) is 0 Å². The third-order valence-electron chi connectivity index (χ3n) is 1.43. The number of hydrogen-bond donors (Lipinski definition) is 0. The molecule has 1 rings (SSSR count). The van der Waals surface area contributed by atoms with E-state index in [2.05, 4.69) is 4.66 Å². The van der Waals surface area contributed by atoms with E-state index in [4.69, 9.17) is 0 Å². The summed E-state index contributed by atoms with van der Waals surface area (Å²) in [6.07, 6.45) is 5.41. The molecule has 1 aliphatic heterocycles. The Morgan fingerprint density at radius 3 is 2.30 bits per heavy atom. The summed E-state index contributed by atoms with van der Waals surface area (Å²) in [7, 11) is 2.32. The molecule has 0 aromatic carbocycles. The van der Waals surface area contributed by atoms with Crippen LogP contribution in [0.3, 0.4) is 0 Å². The third-order valence-corrected chi connectivity index (χ3v) is 3.57. The van der Waals surface area contributed by atoms with Crippen LogP contribution in [0.15, 0.2) is 17.1 Å². The molecule has 0 radical (unpaired) electrons. The minimum absolute atomic E-state index is 1.51. The highest BCUT2D eigenvalue weighted by Crippen LogP contribution is 2.06. The van der Waals surface area contributed by atoms with Crippen molar-refractivity contribution in [1.29, 1.82) is 0 Å². The molecule has 1 heterocycles. The number of rotatable bonds is 1.